The van der Waals surface area contributed by atoms with Crippen molar-refractivity contribution in [3.05, 3.63) is 34.9 Å². The molecular formula is C19H29ClN2O. The lowest BCUT2D eigenvalue weighted by molar-refractivity contribution is -0.131. The summed E-state index contributed by atoms with van der Waals surface area (Å²) in [6, 6.07) is 6.64. The molecule has 1 aromatic carbocycles. The lowest BCUT2D eigenvalue weighted by Gasteiger charge is -2.32. The van der Waals surface area contributed by atoms with Gasteiger partial charge in [0.1, 0.15) is 0 Å². The van der Waals surface area contributed by atoms with Crippen LogP contribution in [-0.2, 0) is 24.1 Å². The summed E-state index contributed by atoms with van der Waals surface area (Å²) in [7, 11) is 0. The van der Waals surface area contributed by atoms with Crippen molar-refractivity contribution in [2.24, 2.45) is 5.92 Å². The number of nitrogens with one attached hydrogen (secondary N) is 1. The molecule has 0 bridgehead atoms. The molecule has 0 atom stereocenters. The molecule has 1 aromatic rings. The lowest BCUT2D eigenvalue weighted by atomic mass is 9.96. The van der Waals surface area contributed by atoms with Gasteiger partial charge in [0, 0.05) is 13.1 Å². The second kappa shape index (κ2) is 8.70. The Labute approximate surface area is 146 Å². The van der Waals surface area contributed by atoms with Crippen molar-refractivity contribution in [2.75, 3.05) is 26.2 Å². The third-order valence-electron chi connectivity index (χ3n) is 5.17. The Morgan fingerprint density at radius 2 is 1.96 bits per heavy atom. The van der Waals surface area contributed by atoms with E-state index in [-0.39, 0.29) is 12.4 Å². The highest BCUT2D eigenvalue weighted by atomic mass is 35.5. The Hall–Kier alpha value is -1.06. The van der Waals surface area contributed by atoms with Crippen LogP contribution in [0.15, 0.2) is 18.2 Å². The van der Waals surface area contributed by atoms with E-state index in [1.807, 2.05) is 0 Å². The van der Waals surface area contributed by atoms with Crippen LogP contribution in [0.5, 0.6) is 0 Å². The van der Waals surface area contributed by atoms with Crippen LogP contribution >= 0.6 is 12.4 Å². The molecule has 23 heavy (non-hydrogen) atoms. The first kappa shape index (κ1) is 18.3. The number of rotatable bonds is 5. The van der Waals surface area contributed by atoms with Gasteiger partial charge >= 0.3 is 0 Å². The van der Waals surface area contributed by atoms with Crippen LogP contribution in [-0.4, -0.2) is 37.0 Å². The number of nitrogens with zero attached hydrogens (tertiary/aromatic N) is 1. The minimum absolute atomic E-state index is 0. The number of halogens is 1. The number of carbonyl (C=O) groups is 1. The van der Waals surface area contributed by atoms with E-state index >= 15 is 0 Å². The van der Waals surface area contributed by atoms with E-state index in [0.717, 1.165) is 44.9 Å². The first-order valence-electron chi connectivity index (χ1n) is 8.85. The number of fused-ring (bicyclic) bond motifs is 1. The van der Waals surface area contributed by atoms with E-state index in [1.54, 1.807) is 0 Å². The molecule has 1 aliphatic heterocycles. The quantitative estimate of drug-likeness (QED) is 0.896. The van der Waals surface area contributed by atoms with Crippen molar-refractivity contribution in [3.8, 4) is 0 Å². The molecular weight excluding hydrogens is 308 g/mol. The van der Waals surface area contributed by atoms with Crippen molar-refractivity contribution < 1.29 is 4.79 Å². The first-order chi connectivity index (χ1) is 10.8. The molecule has 0 radical (unpaired) electrons. The number of benzene rings is 1. The highest BCUT2D eigenvalue weighted by Gasteiger charge is 2.22. The number of piperidine rings is 1. The summed E-state index contributed by atoms with van der Waals surface area (Å²) in [5, 5.41) is 3.42. The van der Waals surface area contributed by atoms with Crippen molar-refractivity contribution in [1.29, 1.82) is 0 Å². The fourth-order valence-electron chi connectivity index (χ4n) is 3.76. The maximum atomic E-state index is 12.5. The van der Waals surface area contributed by atoms with Gasteiger partial charge in [-0.2, -0.15) is 0 Å². The van der Waals surface area contributed by atoms with E-state index in [2.05, 4.69) is 35.3 Å². The summed E-state index contributed by atoms with van der Waals surface area (Å²) in [6.45, 7) is 6.15. The summed E-state index contributed by atoms with van der Waals surface area (Å²) in [5.41, 5.74) is 4.15. The van der Waals surface area contributed by atoms with Crippen LogP contribution in [0, 0.1) is 5.92 Å². The smallest absolute Gasteiger partial charge is 0.226 e. The van der Waals surface area contributed by atoms with E-state index in [4.69, 9.17) is 0 Å². The minimum atomic E-state index is 0. The predicted octanol–water partition coefficient (Wildman–Crippen LogP) is 2.99. The van der Waals surface area contributed by atoms with E-state index in [0.29, 0.717) is 12.3 Å². The molecule has 0 spiro atoms. The Morgan fingerprint density at radius 3 is 2.70 bits per heavy atom. The molecule has 1 amide bonds. The molecule has 2 aliphatic rings. The molecule has 0 unspecified atom stereocenters. The van der Waals surface area contributed by atoms with Gasteiger partial charge in [-0.05, 0) is 67.8 Å². The average Bonchev–Trinajstić information content (AvgIpc) is 3.01. The number of amides is 1. The van der Waals surface area contributed by atoms with Crippen LogP contribution in [0.2, 0.25) is 0 Å². The van der Waals surface area contributed by atoms with Gasteiger partial charge in [-0.25, -0.2) is 0 Å². The normalized spacial score (nSPS) is 17.7. The highest BCUT2D eigenvalue weighted by Crippen LogP contribution is 2.23. The second-order valence-corrected chi connectivity index (χ2v) is 6.77. The molecule has 1 N–H and O–H groups in total. The van der Waals surface area contributed by atoms with Gasteiger partial charge in [-0.1, -0.05) is 25.1 Å². The summed E-state index contributed by atoms with van der Waals surface area (Å²) in [4.78, 5) is 14.6. The van der Waals surface area contributed by atoms with Gasteiger partial charge in [-0.15, -0.1) is 12.4 Å². The van der Waals surface area contributed by atoms with Crippen LogP contribution < -0.4 is 5.32 Å². The third kappa shape index (κ3) is 4.71. The number of likely N-dealkylation sites (tertiary alicyclic amines) is 1. The van der Waals surface area contributed by atoms with Gasteiger partial charge in [0.15, 0.2) is 0 Å². The Morgan fingerprint density at radius 1 is 1.22 bits per heavy atom. The summed E-state index contributed by atoms with van der Waals surface area (Å²) in [5.74, 6) is 1.05. The maximum Gasteiger partial charge on any atom is 0.226 e. The highest BCUT2D eigenvalue weighted by molar-refractivity contribution is 5.85. The van der Waals surface area contributed by atoms with Gasteiger partial charge in [0.2, 0.25) is 5.91 Å². The fraction of sp³-hybridized carbons (Fsp3) is 0.632. The standard InChI is InChI=1S/C19H28N2O.ClH/c1-2-20-14-15-8-10-21(11-9-15)19(22)13-16-6-7-17-4-3-5-18(17)12-16;/h6-7,12,15,20H,2-5,8-11,13-14H2,1H3;1H. The van der Waals surface area contributed by atoms with E-state index in [1.165, 1.54) is 36.0 Å². The van der Waals surface area contributed by atoms with Crippen molar-refractivity contribution in [3.63, 3.8) is 0 Å². The van der Waals surface area contributed by atoms with E-state index in [9.17, 15) is 4.79 Å². The molecule has 1 saturated heterocycles. The molecule has 4 heteroatoms. The van der Waals surface area contributed by atoms with E-state index < -0.39 is 0 Å². The molecule has 128 valence electrons. The molecule has 0 saturated carbocycles. The molecule has 3 nitrogen and oxygen atoms in total. The zero-order valence-electron chi connectivity index (χ0n) is 14.1. The topological polar surface area (TPSA) is 32.3 Å². The number of aryl methyl sites for hydroxylation is 2. The predicted molar refractivity (Wildman–Crippen MR) is 97.3 cm³/mol. The Balaban J connectivity index is 0.00000192. The molecule has 3 rings (SSSR count). The van der Waals surface area contributed by atoms with Crippen LogP contribution in [0.1, 0.15) is 42.9 Å². The Bertz CT molecular complexity index is 524. The molecule has 1 fully saturated rings. The summed E-state index contributed by atoms with van der Waals surface area (Å²) >= 11 is 0. The van der Waals surface area contributed by atoms with Crippen LogP contribution in [0.3, 0.4) is 0 Å². The average molecular weight is 337 g/mol. The summed E-state index contributed by atoms with van der Waals surface area (Å²) < 4.78 is 0. The first-order valence-corrected chi connectivity index (χ1v) is 8.85. The number of hydrogen-bond acceptors (Lipinski definition) is 2. The fourth-order valence-corrected chi connectivity index (χ4v) is 3.76. The number of carbonyl (C=O) groups excluding carboxylic acids is 1. The van der Waals surface area contributed by atoms with Gasteiger partial charge in [0.25, 0.3) is 0 Å². The maximum absolute atomic E-state index is 12.5. The van der Waals surface area contributed by atoms with Crippen LogP contribution in [0.4, 0.5) is 0 Å². The zero-order valence-corrected chi connectivity index (χ0v) is 15.0. The van der Waals surface area contributed by atoms with Crippen molar-refractivity contribution >= 4 is 18.3 Å². The van der Waals surface area contributed by atoms with Gasteiger partial charge < -0.3 is 10.2 Å². The molecule has 1 aliphatic carbocycles. The van der Waals surface area contributed by atoms with Crippen LogP contribution in [0.25, 0.3) is 0 Å². The minimum Gasteiger partial charge on any atom is -0.342 e. The monoisotopic (exact) mass is 336 g/mol. The van der Waals surface area contributed by atoms with Gasteiger partial charge in [-0.3, -0.25) is 4.79 Å². The largest absolute Gasteiger partial charge is 0.342 e. The number of hydrogen-bond donors (Lipinski definition) is 1. The third-order valence-corrected chi connectivity index (χ3v) is 5.17. The SMILES string of the molecule is CCNCC1CCN(C(=O)Cc2ccc3c(c2)CCC3)CC1.Cl. The second-order valence-electron chi connectivity index (χ2n) is 6.77. The molecule has 0 aromatic heterocycles. The Kier molecular flexibility index (Phi) is 6.91. The summed E-state index contributed by atoms with van der Waals surface area (Å²) in [6.07, 6.45) is 6.53. The zero-order chi connectivity index (χ0) is 15.4. The van der Waals surface area contributed by atoms with Crippen molar-refractivity contribution in [1.82, 2.24) is 10.2 Å². The molecule has 1 heterocycles. The van der Waals surface area contributed by atoms with Gasteiger partial charge in [0.05, 0.1) is 6.42 Å². The van der Waals surface area contributed by atoms with Crippen molar-refractivity contribution in [2.45, 2.75) is 45.4 Å². The lowest BCUT2D eigenvalue weighted by Crippen LogP contribution is -2.41.